The molecular weight excluding hydrogens is 250 g/mol. The second kappa shape index (κ2) is 6.81. The average Bonchev–Trinajstić information content (AvgIpc) is 2.37. The molecule has 104 valence electrons. The number of benzene rings is 1. The van der Waals surface area contributed by atoms with E-state index in [1.807, 2.05) is 13.8 Å². The van der Waals surface area contributed by atoms with Gasteiger partial charge in [0, 0.05) is 18.2 Å². The third-order valence-electron chi connectivity index (χ3n) is 2.55. The summed E-state index contributed by atoms with van der Waals surface area (Å²) in [6, 6.07) is 5.44. The van der Waals surface area contributed by atoms with Gasteiger partial charge in [-0.25, -0.2) is 5.48 Å². The Balaban J connectivity index is 2.78. The number of hydrogen-bond donors (Lipinski definition) is 3. The molecule has 0 spiro atoms. The van der Waals surface area contributed by atoms with E-state index in [4.69, 9.17) is 5.21 Å². The molecule has 0 radical (unpaired) electrons. The van der Waals surface area contributed by atoms with Gasteiger partial charge in [0.15, 0.2) is 0 Å². The Hall–Kier alpha value is -1.99. The molecule has 0 aliphatic rings. The highest BCUT2D eigenvalue weighted by Gasteiger charge is 2.19. The second-order valence-corrected chi connectivity index (χ2v) is 4.48. The first-order valence-electron chi connectivity index (χ1n) is 5.87. The van der Waals surface area contributed by atoms with Crippen molar-refractivity contribution in [1.82, 2.24) is 10.8 Å². The lowest BCUT2D eigenvalue weighted by atomic mass is 10.0. The molecular formula is C12H17N3O4. The third-order valence-corrected chi connectivity index (χ3v) is 2.55. The molecule has 7 nitrogen and oxygen atoms in total. The van der Waals surface area contributed by atoms with E-state index >= 15 is 0 Å². The molecule has 0 aliphatic carbocycles. The average molecular weight is 267 g/mol. The number of carbonyl (C=O) groups excluding carboxylic acids is 1. The van der Waals surface area contributed by atoms with Gasteiger partial charge >= 0.3 is 0 Å². The number of nitro benzene ring substituents is 1. The van der Waals surface area contributed by atoms with E-state index in [0.717, 1.165) is 5.56 Å². The number of nitrogens with zero attached hydrogens (tertiary/aromatic N) is 1. The van der Waals surface area contributed by atoms with Gasteiger partial charge in [0.1, 0.15) is 0 Å². The van der Waals surface area contributed by atoms with Crippen molar-refractivity contribution in [2.24, 2.45) is 0 Å². The summed E-state index contributed by atoms with van der Waals surface area (Å²) in [5.74, 6) is -0.535. The summed E-state index contributed by atoms with van der Waals surface area (Å²) in [5.41, 5.74) is 2.38. The summed E-state index contributed by atoms with van der Waals surface area (Å²) < 4.78 is 0. The second-order valence-electron chi connectivity index (χ2n) is 4.48. The van der Waals surface area contributed by atoms with Gasteiger partial charge in [-0.1, -0.05) is 26.0 Å². The Morgan fingerprint density at radius 2 is 1.95 bits per heavy atom. The highest BCUT2D eigenvalue weighted by atomic mass is 16.6. The summed E-state index contributed by atoms with van der Waals surface area (Å²) in [4.78, 5) is 21.5. The first-order chi connectivity index (χ1) is 8.93. The maximum Gasteiger partial charge on any atom is 0.269 e. The molecule has 1 aromatic carbocycles. The third kappa shape index (κ3) is 4.65. The zero-order chi connectivity index (χ0) is 14.4. The van der Waals surface area contributed by atoms with Crippen molar-refractivity contribution in [3.05, 3.63) is 39.9 Å². The minimum atomic E-state index is -0.591. The monoisotopic (exact) mass is 267 g/mol. The van der Waals surface area contributed by atoms with Crippen LogP contribution in [0.2, 0.25) is 0 Å². The number of carbonyl (C=O) groups is 1. The number of hydrogen-bond acceptors (Lipinski definition) is 5. The number of hydroxylamine groups is 1. The zero-order valence-corrected chi connectivity index (χ0v) is 10.8. The standard InChI is InChI=1S/C12H17N3O4/c1-8(2)13-11(12(16)14-17)7-9-3-5-10(6-4-9)15(18)19/h3-6,8,11,13,17H,7H2,1-2H3,(H,14,16)/t11-/m0/s1. The van der Waals surface area contributed by atoms with Gasteiger partial charge in [-0.3, -0.25) is 20.1 Å². The van der Waals surface area contributed by atoms with Crippen molar-refractivity contribution in [2.45, 2.75) is 32.4 Å². The number of nitro groups is 1. The highest BCUT2D eigenvalue weighted by Crippen LogP contribution is 2.13. The van der Waals surface area contributed by atoms with Crippen LogP contribution in [0.25, 0.3) is 0 Å². The maximum absolute atomic E-state index is 11.5. The Labute approximate surface area is 110 Å². The van der Waals surface area contributed by atoms with Crippen LogP contribution in [0.5, 0.6) is 0 Å². The fraction of sp³-hybridized carbons (Fsp3) is 0.417. The molecule has 0 saturated heterocycles. The van der Waals surface area contributed by atoms with Crippen molar-refractivity contribution in [2.75, 3.05) is 0 Å². The van der Waals surface area contributed by atoms with E-state index in [-0.39, 0.29) is 11.7 Å². The predicted octanol–water partition coefficient (Wildman–Crippen LogP) is 1.01. The number of nitrogens with one attached hydrogen (secondary N) is 2. The van der Waals surface area contributed by atoms with Crippen LogP contribution in [0.15, 0.2) is 24.3 Å². The normalized spacial score (nSPS) is 12.2. The molecule has 0 aromatic heterocycles. The van der Waals surface area contributed by atoms with E-state index in [1.54, 1.807) is 17.6 Å². The van der Waals surface area contributed by atoms with Gasteiger partial charge < -0.3 is 5.32 Å². The molecule has 1 amide bonds. The van der Waals surface area contributed by atoms with Crippen molar-refractivity contribution >= 4 is 11.6 Å². The Bertz CT molecular complexity index is 445. The van der Waals surface area contributed by atoms with Crippen LogP contribution in [0.1, 0.15) is 19.4 Å². The fourth-order valence-electron chi connectivity index (χ4n) is 1.70. The van der Waals surface area contributed by atoms with Crippen LogP contribution < -0.4 is 10.8 Å². The SMILES string of the molecule is CC(C)N[C@@H](Cc1ccc([N+](=O)[O-])cc1)C(=O)NO. The van der Waals surface area contributed by atoms with Gasteiger partial charge in [-0.2, -0.15) is 0 Å². The summed E-state index contributed by atoms with van der Waals surface area (Å²) in [6.45, 7) is 3.76. The van der Waals surface area contributed by atoms with Gasteiger partial charge in [0.2, 0.25) is 0 Å². The fourth-order valence-corrected chi connectivity index (χ4v) is 1.70. The van der Waals surface area contributed by atoms with Crippen LogP contribution in [0, 0.1) is 10.1 Å². The van der Waals surface area contributed by atoms with Crippen LogP contribution in [-0.4, -0.2) is 28.1 Å². The molecule has 0 saturated carbocycles. The van der Waals surface area contributed by atoms with E-state index in [1.165, 1.54) is 12.1 Å². The molecule has 3 N–H and O–H groups in total. The number of rotatable bonds is 6. The quantitative estimate of drug-likeness (QED) is 0.405. The Morgan fingerprint density at radius 3 is 2.37 bits per heavy atom. The first-order valence-corrected chi connectivity index (χ1v) is 5.87. The molecule has 0 aliphatic heterocycles. The summed E-state index contributed by atoms with van der Waals surface area (Å²) in [7, 11) is 0. The molecule has 0 unspecified atom stereocenters. The van der Waals surface area contributed by atoms with Crippen molar-refractivity contribution in [3.8, 4) is 0 Å². The largest absolute Gasteiger partial charge is 0.303 e. The lowest BCUT2D eigenvalue weighted by Gasteiger charge is -2.19. The first kappa shape index (κ1) is 15.1. The lowest BCUT2D eigenvalue weighted by Crippen LogP contribution is -2.47. The highest BCUT2D eigenvalue weighted by molar-refractivity contribution is 5.81. The molecule has 0 fully saturated rings. The minimum Gasteiger partial charge on any atom is -0.303 e. The maximum atomic E-state index is 11.5. The molecule has 19 heavy (non-hydrogen) atoms. The molecule has 1 aromatic rings. The van der Waals surface area contributed by atoms with Crippen LogP contribution >= 0.6 is 0 Å². The molecule has 0 bridgehead atoms. The van der Waals surface area contributed by atoms with Crippen LogP contribution in [0.3, 0.4) is 0 Å². The van der Waals surface area contributed by atoms with Crippen molar-refractivity contribution in [1.29, 1.82) is 0 Å². The van der Waals surface area contributed by atoms with E-state index in [9.17, 15) is 14.9 Å². The van der Waals surface area contributed by atoms with Gasteiger partial charge in [-0.05, 0) is 12.0 Å². The summed E-state index contributed by atoms with van der Waals surface area (Å²) in [6.07, 6.45) is 0.336. The summed E-state index contributed by atoms with van der Waals surface area (Å²) >= 11 is 0. The molecule has 7 heteroatoms. The Kier molecular flexibility index (Phi) is 5.40. The van der Waals surface area contributed by atoms with E-state index < -0.39 is 16.9 Å². The Morgan fingerprint density at radius 1 is 1.37 bits per heavy atom. The van der Waals surface area contributed by atoms with Gasteiger partial charge in [0.25, 0.3) is 11.6 Å². The van der Waals surface area contributed by atoms with Gasteiger partial charge in [0.05, 0.1) is 11.0 Å². The van der Waals surface area contributed by atoms with E-state index in [0.29, 0.717) is 6.42 Å². The van der Waals surface area contributed by atoms with Crippen molar-refractivity contribution in [3.63, 3.8) is 0 Å². The lowest BCUT2D eigenvalue weighted by molar-refractivity contribution is -0.384. The predicted molar refractivity (Wildman–Crippen MR) is 68.8 cm³/mol. The summed E-state index contributed by atoms with van der Waals surface area (Å²) in [5, 5.41) is 22.2. The van der Waals surface area contributed by atoms with Crippen LogP contribution in [0.4, 0.5) is 5.69 Å². The molecule has 0 heterocycles. The number of amides is 1. The van der Waals surface area contributed by atoms with Crippen molar-refractivity contribution < 1.29 is 14.9 Å². The minimum absolute atomic E-state index is 0.00345. The molecule has 1 atom stereocenters. The molecule has 1 rings (SSSR count). The number of non-ortho nitro benzene ring substituents is 1. The topological polar surface area (TPSA) is 105 Å². The smallest absolute Gasteiger partial charge is 0.269 e. The van der Waals surface area contributed by atoms with E-state index in [2.05, 4.69) is 5.32 Å². The van der Waals surface area contributed by atoms with Crippen LogP contribution in [-0.2, 0) is 11.2 Å². The van der Waals surface area contributed by atoms with Gasteiger partial charge in [-0.15, -0.1) is 0 Å². The zero-order valence-electron chi connectivity index (χ0n) is 10.8.